The number of aromatic nitrogens is 2. The molecule has 0 aliphatic rings. The number of halogens is 1. The van der Waals surface area contributed by atoms with Gasteiger partial charge in [0, 0.05) is 11.6 Å². The second-order valence-electron chi connectivity index (χ2n) is 5.45. The van der Waals surface area contributed by atoms with Crippen LogP contribution in [0, 0.1) is 0 Å². The molecule has 0 fully saturated rings. The lowest BCUT2D eigenvalue weighted by Crippen LogP contribution is -2.17. The summed E-state index contributed by atoms with van der Waals surface area (Å²) in [6, 6.07) is 9.25. The maximum Gasteiger partial charge on any atom is 0.263 e. The van der Waals surface area contributed by atoms with Crippen LogP contribution >= 0.6 is 11.6 Å². The van der Waals surface area contributed by atoms with Gasteiger partial charge < -0.3 is 10.2 Å². The minimum atomic E-state index is -3.74. The Bertz CT molecular complexity index is 766. The first-order valence-electron chi connectivity index (χ1n) is 7.37. The van der Waals surface area contributed by atoms with Gasteiger partial charge in [0.25, 0.3) is 10.0 Å². The van der Waals surface area contributed by atoms with Gasteiger partial charge in [-0.3, -0.25) is 4.72 Å². The zero-order valence-electron chi connectivity index (χ0n) is 13.5. The van der Waals surface area contributed by atoms with Gasteiger partial charge >= 0.3 is 0 Å². The Kier molecular flexibility index (Phi) is 6.36. The molecule has 0 spiro atoms. The molecule has 0 bridgehead atoms. The molecular formula is C15H20ClN5O2S. The summed E-state index contributed by atoms with van der Waals surface area (Å²) in [6.45, 7) is 1.73. The number of nitrogens with zero attached hydrogens (tertiary/aromatic N) is 3. The number of anilines is 2. The average molecular weight is 370 g/mol. The summed E-state index contributed by atoms with van der Waals surface area (Å²) in [6.07, 6.45) is 0.970. The number of nitrogens with one attached hydrogen (secondary N) is 2. The third-order valence-electron chi connectivity index (χ3n) is 3.10. The van der Waals surface area contributed by atoms with Crippen molar-refractivity contribution in [2.75, 3.05) is 37.2 Å². The highest BCUT2D eigenvalue weighted by molar-refractivity contribution is 7.92. The summed E-state index contributed by atoms with van der Waals surface area (Å²) in [5, 5.41) is 11.3. The quantitative estimate of drug-likeness (QED) is 0.694. The molecule has 1 aromatic carbocycles. The second kappa shape index (κ2) is 8.27. The number of hydrogen-bond donors (Lipinski definition) is 2. The van der Waals surface area contributed by atoms with Gasteiger partial charge in [-0.25, -0.2) is 8.42 Å². The Morgan fingerprint density at radius 2 is 1.83 bits per heavy atom. The molecule has 0 aliphatic carbocycles. The molecule has 9 heteroatoms. The average Bonchev–Trinajstić information content (AvgIpc) is 2.52. The van der Waals surface area contributed by atoms with Gasteiger partial charge in [0.15, 0.2) is 5.82 Å². The van der Waals surface area contributed by atoms with Crippen LogP contribution in [-0.4, -0.2) is 50.7 Å². The Morgan fingerprint density at radius 3 is 2.46 bits per heavy atom. The zero-order chi connectivity index (χ0) is 17.6. The Labute approximate surface area is 147 Å². The van der Waals surface area contributed by atoms with Crippen LogP contribution in [0.5, 0.6) is 0 Å². The van der Waals surface area contributed by atoms with Crippen molar-refractivity contribution >= 4 is 33.3 Å². The first kappa shape index (κ1) is 18.4. The highest BCUT2D eigenvalue weighted by Gasteiger charge is 2.15. The number of sulfonamides is 1. The van der Waals surface area contributed by atoms with E-state index in [-0.39, 0.29) is 10.7 Å². The van der Waals surface area contributed by atoms with E-state index in [0.717, 1.165) is 19.5 Å². The van der Waals surface area contributed by atoms with E-state index in [9.17, 15) is 8.42 Å². The van der Waals surface area contributed by atoms with Crippen molar-refractivity contribution in [2.24, 2.45) is 0 Å². The van der Waals surface area contributed by atoms with Crippen molar-refractivity contribution in [3.05, 3.63) is 41.4 Å². The Morgan fingerprint density at radius 1 is 1.12 bits per heavy atom. The van der Waals surface area contributed by atoms with Crippen molar-refractivity contribution in [2.45, 2.75) is 11.3 Å². The summed E-state index contributed by atoms with van der Waals surface area (Å²) >= 11 is 5.82. The molecule has 2 N–H and O–H groups in total. The molecule has 0 amide bonds. The van der Waals surface area contributed by atoms with Crippen LogP contribution in [0.2, 0.25) is 5.02 Å². The van der Waals surface area contributed by atoms with E-state index >= 15 is 0 Å². The fraction of sp³-hybridized carbons (Fsp3) is 0.333. The molecule has 0 saturated carbocycles. The smallest absolute Gasteiger partial charge is 0.263 e. The highest BCUT2D eigenvalue weighted by atomic mass is 35.5. The van der Waals surface area contributed by atoms with Crippen LogP contribution in [-0.2, 0) is 10.0 Å². The van der Waals surface area contributed by atoms with E-state index in [2.05, 4.69) is 25.1 Å². The molecule has 0 aliphatic heterocycles. The van der Waals surface area contributed by atoms with Crippen LogP contribution in [0.4, 0.5) is 11.6 Å². The van der Waals surface area contributed by atoms with E-state index in [0.29, 0.717) is 10.8 Å². The van der Waals surface area contributed by atoms with E-state index in [1.165, 1.54) is 12.1 Å². The van der Waals surface area contributed by atoms with Gasteiger partial charge in [-0.2, -0.15) is 0 Å². The van der Waals surface area contributed by atoms with Crippen molar-refractivity contribution in [3.8, 4) is 0 Å². The molecule has 0 atom stereocenters. The Hall–Kier alpha value is -1.90. The maximum atomic E-state index is 12.3. The fourth-order valence-corrected chi connectivity index (χ4v) is 3.22. The van der Waals surface area contributed by atoms with E-state index < -0.39 is 10.0 Å². The molecule has 1 aromatic heterocycles. The molecule has 0 radical (unpaired) electrons. The van der Waals surface area contributed by atoms with E-state index in [4.69, 9.17) is 11.6 Å². The van der Waals surface area contributed by atoms with Gasteiger partial charge in [0.2, 0.25) is 0 Å². The molecule has 2 rings (SSSR count). The molecule has 7 nitrogen and oxygen atoms in total. The first-order valence-corrected chi connectivity index (χ1v) is 9.24. The van der Waals surface area contributed by atoms with Crippen LogP contribution in [0.15, 0.2) is 41.3 Å². The summed E-state index contributed by atoms with van der Waals surface area (Å²) < 4.78 is 26.9. The molecule has 24 heavy (non-hydrogen) atoms. The van der Waals surface area contributed by atoms with Gasteiger partial charge in [0.1, 0.15) is 5.82 Å². The van der Waals surface area contributed by atoms with Gasteiger partial charge in [-0.05, 0) is 57.4 Å². The Balaban J connectivity index is 1.96. The second-order valence-corrected chi connectivity index (χ2v) is 7.57. The van der Waals surface area contributed by atoms with Crippen molar-refractivity contribution in [1.29, 1.82) is 0 Å². The monoisotopic (exact) mass is 369 g/mol. The lowest BCUT2D eigenvalue weighted by Gasteiger charge is -2.10. The number of rotatable bonds is 8. The lowest BCUT2D eigenvalue weighted by molar-refractivity contribution is 0.405. The van der Waals surface area contributed by atoms with Crippen LogP contribution < -0.4 is 10.0 Å². The van der Waals surface area contributed by atoms with Gasteiger partial charge in [0.05, 0.1) is 4.90 Å². The predicted molar refractivity (Wildman–Crippen MR) is 96.0 cm³/mol. The topological polar surface area (TPSA) is 87.2 Å². The summed E-state index contributed by atoms with van der Waals surface area (Å²) in [4.78, 5) is 2.17. The summed E-state index contributed by atoms with van der Waals surface area (Å²) in [7, 11) is 0.287. The predicted octanol–water partition coefficient (Wildman–Crippen LogP) is 2.29. The maximum absolute atomic E-state index is 12.3. The largest absolute Gasteiger partial charge is 0.369 e. The third-order valence-corrected chi connectivity index (χ3v) is 4.69. The first-order chi connectivity index (χ1) is 11.4. The third kappa shape index (κ3) is 5.63. The molecule has 130 valence electrons. The molecular weight excluding hydrogens is 350 g/mol. The number of hydrogen-bond acceptors (Lipinski definition) is 6. The van der Waals surface area contributed by atoms with Crippen LogP contribution in [0.3, 0.4) is 0 Å². The van der Waals surface area contributed by atoms with Crippen molar-refractivity contribution < 1.29 is 8.42 Å². The minimum absolute atomic E-state index is 0.0719. The normalized spacial score (nSPS) is 11.5. The summed E-state index contributed by atoms with van der Waals surface area (Å²) in [5.74, 6) is 0.744. The lowest BCUT2D eigenvalue weighted by atomic mass is 10.4. The minimum Gasteiger partial charge on any atom is -0.369 e. The van der Waals surface area contributed by atoms with Crippen molar-refractivity contribution in [3.63, 3.8) is 0 Å². The standard InChI is InChI=1S/C15H20ClN5O2S/c1-21(2)10-4-9-17-14-7-8-15(19-18-14)20-24(22,23)13-6-3-5-12(16)11-13/h3,5-8,11H,4,9-10H2,1-2H3,(H,17,18)(H,19,20). The number of benzene rings is 1. The highest BCUT2D eigenvalue weighted by Crippen LogP contribution is 2.18. The van der Waals surface area contributed by atoms with Crippen molar-refractivity contribution in [1.82, 2.24) is 15.1 Å². The van der Waals surface area contributed by atoms with Gasteiger partial charge in [-0.1, -0.05) is 17.7 Å². The SMILES string of the molecule is CN(C)CCCNc1ccc(NS(=O)(=O)c2cccc(Cl)c2)nn1. The van der Waals surface area contributed by atoms with E-state index in [1.807, 2.05) is 14.1 Å². The molecule has 0 unspecified atom stereocenters. The summed E-state index contributed by atoms with van der Waals surface area (Å²) in [5.41, 5.74) is 0. The zero-order valence-corrected chi connectivity index (χ0v) is 15.1. The van der Waals surface area contributed by atoms with E-state index in [1.54, 1.807) is 24.3 Å². The van der Waals surface area contributed by atoms with Crippen LogP contribution in [0.1, 0.15) is 6.42 Å². The molecule has 1 heterocycles. The van der Waals surface area contributed by atoms with Crippen LogP contribution in [0.25, 0.3) is 0 Å². The fourth-order valence-electron chi connectivity index (χ4n) is 1.92. The van der Waals surface area contributed by atoms with Gasteiger partial charge in [-0.15, -0.1) is 10.2 Å². The molecule has 2 aromatic rings. The molecule has 0 saturated heterocycles.